The standard InChI is InChI=1S/C22H28N2O5/c1-4-13-11-24-9-8-22(19-16(23-21(22)27)6-5-7-17(19)25)18(24)10-14(13)15(12-28-2)20(26)29-3/h5-7,12-14,18,25H,4,8-11H2,1-3H3,(H,23,27)/b15-12+/t13-,14-,18-,22-/m0/s1. The summed E-state index contributed by atoms with van der Waals surface area (Å²) >= 11 is 0. The van der Waals surface area contributed by atoms with Gasteiger partial charge in [-0.3, -0.25) is 9.69 Å². The van der Waals surface area contributed by atoms with Crippen molar-refractivity contribution in [3.8, 4) is 5.75 Å². The van der Waals surface area contributed by atoms with Crippen LogP contribution in [0, 0.1) is 11.8 Å². The molecule has 3 heterocycles. The third-order valence-corrected chi connectivity index (χ3v) is 7.05. The molecule has 3 aliphatic rings. The molecule has 1 spiro atoms. The maximum atomic E-state index is 13.2. The fourth-order valence-electron chi connectivity index (χ4n) is 5.73. The van der Waals surface area contributed by atoms with Crippen LogP contribution in [0.4, 0.5) is 5.69 Å². The number of rotatable bonds is 4. The number of hydrogen-bond donors (Lipinski definition) is 2. The molecule has 0 radical (unpaired) electrons. The maximum absolute atomic E-state index is 13.2. The first-order valence-corrected chi connectivity index (χ1v) is 10.2. The Bertz CT molecular complexity index is 867. The molecule has 2 saturated heterocycles. The number of carbonyl (C=O) groups excluding carboxylic acids is 2. The smallest absolute Gasteiger partial charge is 0.337 e. The minimum absolute atomic E-state index is 0.0643. The minimum atomic E-state index is -0.800. The molecule has 2 fully saturated rings. The number of phenols is 1. The van der Waals surface area contributed by atoms with E-state index in [4.69, 9.17) is 9.47 Å². The Hall–Kier alpha value is -2.54. The number of ether oxygens (including phenoxy) is 2. The van der Waals surface area contributed by atoms with Crippen molar-refractivity contribution in [3.05, 3.63) is 35.6 Å². The molecule has 1 aromatic carbocycles. The Morgan fingerprint density at radius 1 is 1.41 bits per heavy atom. The molecule has 0 aromatic heterocycles. The predicted octanol–water partition coefficient (Wildman–Crippen LogP) is 2.41. The second-order valence-corrected chi connectivity index (χ2v) is 8.20. The van der Waals surface area contributed by atoms with E-state index in [1.807, 2.05) is 6.07 Å². The summed E-state index contributed by atoms with van der Waals surface area (Å²) in [7, 11) is 2.90. The van der Waals surface area contributed by atoms with Gasteiger partial charge in [0.25, 0.3) is 0 Å². The lowest BCUT2D eigenvalue weighted by atomic mass is 9.67. The van der Waals surface area contributed by atoms with Gasteiger partial charge in [0.2, 0.25) is 5.91 Å². The lowest BCUT2D eigenvalue weighted by molar-refractivity contribution is -0.137. The number of methoxy groups -OCH3 is 2. The molecule has 4 atom stereocenters. The summed E-state index contributed by atoms with van der Waals surface area (Å²) in [6.45, 7) is 3.70. The molecular weight excluding hydrogens is 372 g/mol. The minimum Gasteiger partial charge on any atom is -0.508 e. The molecule has 156 valence electrons. The first-order chi connectivity index (χ1) is 14.0. The number of esters is 1. The Morgan fingerprint density at radius 2 is 2.21 bits per heavy atom. The summed E-state index contributed by atoms with van der Waals surface area (Å²) in [6.07, 6.45) is 3.67. The van der Waals surface area contributed by atoms with Gasteiger partial charge in [0.1, 0.15) is 5.75 Å². The average molecular weight is 400 g/mol. The van der Waals surface area contributed by atoms with Crippen molar-refractivity contribution < 1.29 is 24.2 Å². The van der Waals surface area contributed by atoms with E-state index in [0.29, 0.717) is 29.7 Å². The van der Waals surface area contributed by atoms with Crippen LogP contribution in [0.1, 0.15) is 31.7 Å². The first kappa shape index (κ1) is 19.8. The molecule has 4 rings (SSSR count). The fourth-order valence-corrected chi connectivity index (χ4v) is 5.73. The summed E-state index contributed by atoms with van der Waals surface area (Å²) in [4.78, 5) is 28.1. The van der Waals surface area contributed by atoms with E-state index in [9.17, 15) is 14.7 Å². The molecule has 0 aliphatic carbocycles. The first-order valence-electron chi connectivity index (χ1n) is 10.2. The summed E-state index contributed by atoms with van der Waals surface area (Å²) in [5.74, 6) is -0.125. The van der Waals surface area contributed by atoms with Crippen molar-refractivity contribution in [1.29, 1.82) is 0 Å². The van der Waals surface area contributed by atoms with E-state index < -0.39 is 11.4 Å². The zero-order valence-corrected chi connectivity index (χ0v) is 17.1. The number of aromatic hydroxyl groups is 1. The predicted molar refractivity (Wildman–Crippen MR) is 107 cm³/mol. The van der Waals surface area contributed by atoms with E-state index in [1.54, 1.807) is 12.1 Å². The number of nitrogens with one attached hydrogen (secondary N) is 1. The van der Waals surface area contributed by atoms with Gasteiger partial charge in [0.05, 0.1) is 31.5 Å². The van der Waals surface area contributed by atoms with Gasteiger partial charge in [0.15, 0.2) is 0 Å². The highest BCUT2D eigenvalue weighted by Gasteiger charge is 2.61. The van der Waals surface area contributed by atoms with Crippen LogP contribution in [0.5, 0.6) is 5.75 Å². The molecule has 7 heteroatoms. The molecular formula is C22H28N2O5. The van der Waals surface area contributed by atoms with Crippen molar-refractivity contribution in [1.82, 2.24) is 4.90 Å². The van der Waals surface area contributed by atoms with Crippen molar-refractivity contribution in [2.24, 2.45) is 11.8 Å². The van der Waals surface area contributed by atoms with Gasteiger partial charge < -0.3 is 19.9 Å². The van der Waals surface area contributed by atoms with Gasteiger partial charge in [-0.2, -0.15) is 0 Å². The van der Waals surface area contributed by atoms with Crippen molar-refractivity contribution >= 4 is 17.6 Å². The normalized spacial score (nSPS) is 31.3. The van der Waals surface area contributed by atoms with Gasteiger partial charge >= 0.3 is 5.97 Å². The number of carbonyl (C=O) groups is 2. The second kappa shape index (κ2) is 7.37. The lowest BCUT2D eigenvalue weighted by Crippen LogP contribution is -2.53. The maximum Gasteiger partial charge on any atom is 0.337 e. The summed E-state index contributed by atoms with van der Waals surface area (Å²) in [5, 5.41) is 13.6. The van der Waals surface area contributed by atoms with E-state index >= 15 is 0 Å². The fraction of sp³-hybridized carbons (Fsp3) is 0.545. The molecule has 1 amide bonds. The van der Waals surface area contributed by atoms with Gasteiger partial charge in [-0.05, 0) is 43.4 Å². The zero-order chi connectivity index (χ0) is 20.8. The highest BCUT2D eigenvalue weighted by Crippen LogP contribution is 2.55. The van der Waals surface area contributed by atoms with Crippen LogP contribution >= 0.6 is 0 Å². The van der Waals surface area contributed by atoms with Crippen molar-refractivity contribution in [2.75, 3.05) is 32.6 Å². The molecule has 29 heavy (non-hydrogen) atoms. The van der Waals surface area contributed by atoms with Crippen LogP contribution in [0.15, 0.2) is 30.0 Å². The molecule has 0 saturated carbocycles. The zero-order valence-electron chi connectivity index (χ0n) is 17.1. The third-order valence-electron chi connectivity index (χ3n) is 7.05. The highest BCUT2D eigenvalue weighted by molar-refractivity contribution is 6.08. The number of benzene rings is 1. The molecule has 0 bridgehead atoms. The van der Waals surface area contributed by atoms with E-state index in [0.717, 1.165) is 19.5 Å². The molecule has 3 aliphatic heterocycles. The monoisotopic (exact) mass is 400 g/mol. The number of fused-ring (bicyclic) bond motifs is 4. The van der Waals surface area contributed by atoms with Crippen LogP contribution < -0.4 is 5.32 Å². The van der Waals surface area contributed by atoms with E-state index in [2.05, 4.69) is 17.1 Å². The summed E-state index contributed by atoms with van der Waals surface area (Å²) in [5.41, 5.74) is 1.10. The van der Waals surface area contributed by atoms with Crippen LogP contribution in [0.2, 0.25) is 0 Å². The number of phenolic OH excluding ortho intramolecular Hbond substituents is 1. The molecule has 7 nitrogen and oxygen atoms in total. The van der Waals surface area contributed by atoms with Crippen LogP contribution in [-0.4, -0.2) is 55.2 Å². The van der Waals surface area contributed by atoms with Crippen molar-refractivity contribution in [2.45, 2.75) is 37.6 Å². The lowest BCUT2D eigenvalue weighted by Gasteiger charge is -2.45. The van der Waals surface area contributed by atoms with Gasteiger partial charge in [-0.1, -0.05) is 19.4 Å². The SMILES string of the molecule is CC[C@H]1CN2CC[C@]3(C(=O)Nc4cccc(O)c43)[C@@H]2C[C@@H]1/C(=C\OC)C(=O)OC. The largest absolute Gasteiger partial charge is 0.508 e. The number of amides is 1. The van der Waals surface area contributed by atoms with Crippen molar-refractivity contribution in [3.63, 3.8) is 0 Å². The Labute approximate surface area is 170 Å². The summed E-state index contributed by atoms with van der Waals surface area (Å²) < 4.78 is 10.2. The van der Waals surface area contributed by atoms with Crippen LogP contribution in [0.25, 0.3) is 0 Å². The number of anilines is 1. The molecule has 1 aromatic rings. The Kier molecular flexibility index (Phi) is 5.02. The Morgan fingerprint density at radius 3 is 2.90 bits per heavy atom. The van der Waals surface area contributed by atoms with Crippen LogP contribution in [0.3, 0.4) is 0 Å². The van der Waals surface area contributed by atoms with Gasteiger partial charge in [-0.25, -0.2) is 4.79 Å². The molecule has 2 N–H and O–H groups in total. The molecule has 0 unspecified atom stereocenters. The number of hydrogen-bond acceptors (Lipinski definition) is 6. The second-order valence-electron chi connectivity index (χ2n) is 8.20. The van der Waals surface area contributed by atoms with E-state index in [-0.39, 0.29) is 29.5 Å². The van der Waals surface area contributed by atoms with Gasteiger partial charge in [0, 0.05) is 23.8 Å². The number of piperidine rings is 1. The Balaban J connectivity index is 1.77. The number of nitrogens with zero attached hydrogens (tertiary/aromatic N) is 1. The third kappa shape index (κ3) is 2.82. The quantitative estimate of drug-likeness (QED) is 0.458. The average Bonchev–Trinajstić information content (AvgIpc) is 3.24. The van der Waals surface area contributed by atoms with Crippen LogP contribution in [-0.2, 0) is 24.5 Å². The summed E-state index contributed by atoms with van der Waals surface area (Å²) in [6, 6.07) is 5.12. The van der Waals surface area contributed by atoms with Gasteiger partial charge in [-0.15, -0.1) is 0 Å². The van der Waals surface area contributed by atoms with E-state index in [1.165, 1.54) is 20.5 Å². The highest BCUT2D eigenvalue weighted by atomic mass is 16.5. The topological polar surface area (TPSA) is 88.1 Å².